The number of aromatic amines is 1. The predicted molar refractivity (Wildman–Crippen MR) is 468 cm³/mol. The van der Waals surface area contributed by atoms with Gasteiger partial charge in [-0.05, 0) is 162 Å². The van der Waals surface area contributed by atoms with E-state index in [1.54, 1.807) is 7.11 Å². The number of allylic oxidation sites excluding steroid dienone is 1. The van der Waals surface area contributed by atoms with Crippen molar-refractivity contribution >= 4 is 73.3 Å². The Morgan fingerprint density at radius 1 is 0.486 bits per heavy atom. The largest absolute Gasteiger partial charge is 0.495 e. The molecule has 3 fully saturated rings. The highest BCUT2D eigenvalue weighted by Crippen LogP contribution is 2.45. The number of aryl methyl sites for hydroxylation is 2. The highest BCUT2D eigenvalue weighted by molar-refractivity contribution is 5.82. The minimum absolute atomic E-state index is 0.0886. The number of methoxy groups -OCH3 is 1. The SMILES string of the molecule is C=C1N(C)c2ccccc2C1(C)C.CC1Cc2ccccc2N1.COc1ccccc1N1CCNCC1.Cn1ccc2ccccc21.O=C(O)C1Cc2ccccc2N1.c1ccc(N2CCNCC2)cc1.c1ccc(N2CCOCC2)cc1.c1ccc2[nH]ccc2c1.c1ccc2c(c1)CCCN2.c1ccc2c(c1)CCN2. The van der Waals surface area contributed by atoms with Crippen LogP contribution in [-0.2, 0) is 47.7 Å². The number of fused-ring (bicyclic) bond motifs is 7. The molecule has 16 nitrogen and oxygen atoms in total. The number of anilines is 8. The molecule has 0 spiro atoms. The summed E-state index contributed by atoms with van der Waals surface area (Å²) in [6, 6.07) is 91.8. The molecule has 578 valence electrons. The van der Waals surface area contributed by atoms with E-state index in [0.29, 0.717) is 12.5 Å². The second-order valence-electron chi connectivity index (χ2n) is 28.9. The minimum Gasteiger partial charge on any atom is -0.495 e. The summed E-state index contributed by atoms with van der Waals surface area (Å²) in [5.74, 6) is 0.181. The Balaban J connectivity index is 0.000000122. The number of benzene rings is 10. The van der Waals surface area contributed by atoms with Gasteiger partial charge in [-0.2, -0.15) is 0 Å². The van der Waals surface area contributed by atoms with Crippen molar-refractivity contribution in [3.05, 3.63) is 319 Å². The number of hydrogen-bond donors (Lipinski definition) is 8. The number of rotatable bonds is 5. The highest BCUT2D eigenvalue weighted by Gasteiger charge is 2.36. The third kappa shape index (κ3) is 23.3. The van der Waals surface area contributed by atoms with Crippen LogP contribution in [0.2, 0.25) is 0 Å². The number of carboxylic acid groups (broad SMARTS) is 1. The van der Waals surface area contributed by atoms with Crippen molar-refractivity contribution in [3.63, 3.8) is 0 Å². The summed E-state index contributed by atoms with van der Waals surface area (Å²) < 4.78 is 12.7. The van der Waals surface area contributed by atoms with Gasteiger partial charge < -0.3 is 75.6 Å². The average Bonchev–Trinajstić information content (AvgIpc) is 1.61. The molecule has 0 radical (unpaired) electrons. The van der Waals surface area contributed by atoms with Gasteiger partial charge in [-0.25, -0.2) is 4.79 Å². The van der Waals surface area contributed by atoms with Gasteiger partial charge >= 0.3 is 5.97 Å². The van der Waals surface area contributed by atoms with Gasteiger partial charge in [-0.15, -0.1) is 0 Å². The summed E-state index contributed by atoms with van der Waals surface area (Å²) >= 11 is 0. The number of nitrogens with one attached hydrogen (secondary N) is 7. The van der Waals surface area contributed by atoms with Crippen LogP contribution in [0.5, 0.6) is 5.75 Å². The first-order valence-corrected chi connectivity index (χ1v) is 39.4. The number of aliphatic carboxylic acids is 1. The first kappa shape index (κ1) is 80.6. The van der Waals surface area contributed by atoms with E-state index in [9.17, 15) is 4.79 Å². The molecular formula is C95H114N12O4. The fourth-order valence-electron chi connectivity index (χ4n) is 14.6. The minimum atomic E-state index is -0.786. The predicted octanol–water partition coefficient (Wildman–Crippen LogP) is 17.8. The molecular weight excluding hydrogens is 1370 g/mol. The van der Waals surface area contributed by atoms with Crippen LogP contribution in [0.1, 0.15) is 55.0 Å². The molecule has 12 aromatic rings. The molecule has 16 heteroatoms. The molecule has 3 saturated heterocycles. The van der Waals surface area contributed by atoms with Crippen molar-refractivity contribution < 1.29 is 19.4 Å². The van der Waals surface area contributed by atoms with E-state index in [0.717, 1.165) is 109 Å². The summed E-state index contributed by atoms with van der Waals surface area (Å²) in [7, 11) is 5.86. The second-order valence-corrected chi connectivity index (χ2v) is 28.9. The fraction of sp³-hybridized carbons (Fsp3) is 0.295. The molecule has 0 bridgehead atoms. The maximum atomic E-state index is 10.6. The number of piperazine rings is 2. The number of morpholine rings is 1. The fourth-order valence-corrected chi connectivity index (χ4v) is 14.6. The third-order valence-electron chi connectivity index (χ3n) is 20.9. The van der Waals surface area contributed by atoms with E-state index in [2.05, 4.69) is 321 Å². The van der Waals surface area contributed by atoms with Gasteiger partial charge in [0.25, 0.3) is 0 Å². The summed E-state index contributed by atoms with van der Waals surface area (Å²) in [5, 5.41) is 31.0. The van der Waals surface area contributed by atoms with Gasteiger partial charge in [0.2, 0.25) is 0 Å². The number of hydrogen-bond acceptors (Lipinski definition) is 13. The zero-order chi connectivity index (χ0) is 77.4. The Bertz CT molecular complexity index is 4590. The standard InChI is InChI=1S/C12H15N.C11H16N2O.C10H14N2.C10H13NO.C9H9NO2.C9H9N.2C9H11N.C8H9N.C8H7N/c1-9-12(2,3)10-7-5-6-8-11(10)13(9)4;1-14-11-5-3-2-4-10(11)13-8-6-12-7-9-13;1-2-4-10(5-3-1)12-8-6-11-7-9-12;1-2-4-10(5-3-1)11-6-8-12-9-7-11;11-9(12)8-5-6-3-1-2-4-7(6)10-8;1-10-7-6-8-4-2-3-5-9(8)10;1-7-6-8-4-2-3-5-9(8)10-7;1-2-6-9-8(4-1)5-3-7-10-9;2*1-2-4-8-7(3-1)5-6-9-8/h5-8H,1H2,2-4H3;2-5,12H,6-9H2,1H3;1-5,11H,6-9H2;1-5H,6-9H2;1-4,8,10H,5H2,(H,11,12);2-7H,1H3;2-5,7,10H,6H2,1H3;1-2,4,6,10H,3,5,7H2;1-4,9H,5-6H2;1-6,9H. The smallest absolute Gasteiger partial charge is 0.326 e. The lowest BCUT2D eigenvalue weighted by atomic mass is 9.85. The molecule has 2 unspecified atom stereocenters. The number of nitrogens with zero attached hydrogens (tertiary/aromatic N) is 5. The Kier molecular flexibility index (Phi) is 30.5. The Hall–Kier alpha value is -11.4. The number of carboxylic acids is 1. The van der Waals surface area contributed by atoms with Gasteiger partial charge in [-0.1, -0.05) is 196 Å². The van der Waals surface area contributed by atoms with E-state index in [-0.39, 0.29) is 5.41 Å². The van der Waals surface area contributed by atoms with Crippen LogP contribution in [0.25, 0.3) is 21.8 Å². The lowest BCUT2D eigenvalue weighted by Gasteiger charge is -2.30. The topological polar surface area (TPSA) is 162 Å². The summed E-state index contributed by atoms with van der Waals surface area (Å²) in [6.07, 6.45) is 9.49. The van der Waals surface area contributed by atoms with Crippen LogP contribution in [0.3, 0.4) is 0 Å². The number of aromatic nitrogens is 2. The van der Waals surface area contributed by atoms with Crippen molar-refractivity contribution in [2.45, 2.75) is 70.4 Å². The van der Waals surface area contributed by atoms with Crippen LogP contribution >= 0.6 is 0 Å². The molecule has 10 heterocycles. The van der Waals surface area contributed by atoms with Crippen molar-refractivity contribution in [1.82, 2.24) is 20.2 Å². The van der Waals surface area contributed by atoms with Gasteiger partial charge in [0.1, 0.15) is 11.8 Å². The summed E-state index contributed by atoms with van der Waals surface area (Å²) in [4.78, 5) is 23.0. The Morgan fingerprint density at radius 2 is 0.982 bits per heavy atom. The van der Waals surface area contributed by atoms with Crippen molar-refractivity contribution in [1.29, 1.82) is 0 Å². The maximum absolute atomic E-state index is 10.6. The number of likely N-dealkylation sites (N-methyl/N-ethyl adjacent to an activating group) is 1. The molecule has 0 aliphatic carbocycles. The average molecular weight is 1490 g/mol. The number of carbonyl (C=O) groups is 1. The van der Waals surface area contributed by atoms with Crippen LogP contribution in [0.4, 0.5) is 45.5 Å². The molecule has 0 amide bonds. The van der Waals surface area contributed by atoms with Crippen LogP contribution < -0.4 is 56.2 Å². The molecule has 111 heavy (non-hydrogen) atoms. The summed E-state index contributed by atoms with van der Waals surface area (Å²) in [5.41, 5.74) is 20.7. The quantitative estimate of drug-likeness (QED) is 0.0822. The third-order valence-corrected chi connectivity index (χ3v) is 20.9. The van der Waals surface area contributed by atoms with Gasteiger partial charge in [0, 0.05) is 179 Å². The molecule has 8 aliphatic rings. The van der Waals surface area contributed by atoms with Crippen molar-refractivity contribution in [2.75, 3.05) is 147 Å². The van der Waals surface area contributed by atoms with E-state index >= 15 is 0 Å². The van der Waals surface area contributed by atoms with Gasteiger partial charge in [0.05, 0.1) is 26.0 Å². The number of H-pyrrole nitrogens is 1. The number of ether oxygens (including phenoxy) is 2. The first-order valence-electron chi connectivity index (χ1n) is 39.4. The van der Waals surface area contributed by atoms with Crippen molar-refractivity contribution in [2.24, 2.45) is 7.05 Å². The van der Waals surface area contributed by atoms with Gasteiger partial charge in [-0.3, -0.25) is 0 Å². The zero-order valence-electron chi connectivity index (χ0n) is 65.8. The molecule has 10 aromatic carbocycles. The highest BCUT2D eigenvalue weighted by atomic mass is 16.5. The number of para-hydroxylation sites is 11. The molecule has 2 aromatic heterocycles. The van der Waals surface area contributed by atoms with E-state index in [1.165, 1.54) is 115 Å². The lowest BCUT2D eigenvalue weighted by Crippen LogP contribution is -2.43. The Morgan fingerprint density at radius 3 is 1.57 bits per heavy atom. The van der Waals surface area contributed by atoms with Crippen molar-refractivity contribution in [3.8, 4) is 5.75 Å². The normalized spacial score (nSPS) is 16.7. The lowest BCUT2D eigenvalue weighted by molar-refractivity contribution is -0.137. The van der Waals surface area contributed by atoms with E-state index in [4.69, 9.17) is 14.6 Å². The summed E-state index contributed by atoms with van der Waals surface area (Å²) in [6.45, 7) is 25.5. The molecule has 8 aliphatic heterocycles. The molecule has 20 rings (SSSR count). The maximum Gasteiger partial charge on any atom is 0.326 e. The van der Waals surface area contributed by atoms with Gasteiger partial charge in [0.15, 0.2) is 0 Å². The molecule has 8 N–H and O–H groups in total. The molecule has 2 atom stereocenters. The monoisotopic (exact) mass is 1490 g/mol. The van der Waals surface area contributed by atoms with Crippen LogP contribution in [0.15, 0.2) is 292 Å². The first-order chi connectivity index (χ1) is 54.3. The second kappa shape index (κ2) is 41.9. The van der Waals surface area contributed by atoms with E-state index in [1.807, 2.05) is 60.8 Å². The Labute approximate surface area is 658 Å². The zero-order valence-corrected chi connectivity index (χ0v) is 65.8. The van der Waals surface area contributed by atoms with Crippen LogP contribution in [-0.4, -0.2) is 139 Å². The van der Waals surface area contributed by atoms with Crippen LogP contribution in [0, 0.1) is 0 Å². The molecule has 0 saturated carbocycles. The van der Waals surface area contributed by atoms with E-state index < -0.39 is 12.0 Å².